The maximum atomic E-state index is 9.47. The van der Waals surface area contributed by atoms with Crippen LogP contribution in [0.1, 0.15) is 0 Å². The minimum Gasteiger partial charge on any atom is -0.388 e. The molecule has 8 heteroatoms. The maximum Gasteiger partial charge on any atom is 0.186 e. The van der Waals surface area contributed by atoms with E-state index in [9.17, 15) is 15.3 Å². The molecular weight excluding hydrogens is 206 g/mol. The highest BCUT2D eigenvalue weighted by molar-refractivity contribution is 4.89. The largest absolute Gasteiger partial charge is 0.388 e. The SMILES string of the molecule is CO[C@@H]1OC(CN=[N+]=[N-])[C@@H](O)[C@H](O)C1O. The topological polar surface area (TPSA) is 128 Å². The minimum absolute atomic E-state index is 0.138. The lowest BCUT2D eigenvalue weighted by Gasteiger charge is -2.39. The first-order valence-corrected chi connectivity index (χ1v) is 4.35. The molecule has 0 aliphatic carbocycles. The van der Waals surface area contributed by atoms with Crippen LogP contribution in [0.2, 0.25) is 0 Å². The Kier molecular flexibility index (Phi) is 4.28. The van der Waals surface area contributed by atoms with Gasteiger partial charge in [-0.15, -0.1) is 0 Å². The first-order valence-electron chi connectivity index (χ1n) is 4.35. The Labute approximate surface area is 85.7 Å². The maximum absolute atomic E-state index is 9.47. The van der Waals surface area contributed by atoms with Gasteiger partial charge in [0.1, 0.15) is 18.3 Å². The van der Waals surface area contributed by atoms with Crippen LogP contribution < -0.4 is 0 Å². The van der Waals surface area contributed by atoms with E-state index in [1.165, 1.54) is 7.11 Å². The fourth-order valence-corrected chi connectivity index (χ4v) is 1.38. The number of hydrogen-bond acceptors (Lipinski definition) is 6. The summed E-state index contributed by atoms with van der Waals surface area (Å²) in [4.78, 5) is 2.51. The molecule has 3 N–H and O–H groups in total. The molecular formula is C7H13N3O5. The van der Waals surface area contributed by atoms with Crippen molar-refractivity contribution in [2.24, 2.45) is 5.11 Å². The van der Waals surface area contributed by atoms with Crippen molar-refractivity contribution in [2.75, 3.05) is 13.7 Å². The molecule has 1 rings (SSSR count). The van der Waals surface area contributed by atoms with Gasteiger partial charge >= 0.3 is 0 Å². The number of aliphatic hydroxyl groups excluding tert-OH is 3. The Bertz CT molecular complexity index is 255. The van der Waals surface area contributed by atoms with Gasteiger partial charge in [0.05, 0.1) is 12.6 Å². The molecule has 1 aliphatic rings. The first-order chi connectivity index (χ1) is 7.11. The quantitative estimate of drug-likeness (QED) is 0.310. The molecule has 1 heterocycles. The lowest BCUT2D eigenvalue weighted by molar-refractivity contribution is -0.287. The van der Waals surface area contributed by atoms with E-state index in [0.717, 1.165) is 0 Å². The van der Waals surface area contributed by atoms with Gasteiger partial charge in [-0.2, -0.15) is 0 Å². The van der Waals surface area contributed by atoms with E-state index >= 15 is 0 Å². The minimum atomic E-state index is -1.39. The number of methoxy groups -OCH3 is 1. The third-order valence-corrected chi connectivity index (χ3v) is 2.23. The van der Waals surface area contributed by atoms with Crippen LogP contribution in [0.25, 0.3) is 10.4 Å². The Morgan fingerprint density at radius 3 is 2.53 bits per heavy atom. The number of azide groups is 1. The van der Waals surface area contributed by atoms with Crippen LogP contribution in [0.5, 0.6) is 0 Å². The van der Waals surface area contributed by atoms with Crippen LogP contribution in [0.15, 0.2) is 5.11 Å². The summed E-state index contributed by atoms with van der Waals surface area (Å²) in [5.41, 5.74) is 8.10. The monoisotopic (exact) mass is 219 g/mol. The molecule has 86 valence electrons. The van der Waals surface area contributed by atoms with E-state index < -0.39 is 30.7 Å². The molecule has 0 aromatic rings. The molecule has 1 saturated heterocycles. The zero-order valence-electron chi connectivity index (χ0n) is 8.09. The van der Waals surface area contributed by atoms with Gasteiger partial charge in [-0.3, -0.25) is 0 Å². The van der Waals surface area contributed by atoms with Crippen molar-refractivity contribution in [1.29, 1.82) is 0 Å². The van der Waals surface area contributed by atoms with Crippen molar-refractivity contribution < 1.29 is 24.8 Å². The number of hydrogen-bond donors (Lipinski definition) is 3. The van der Waals surface area contributed by atoms with Gasteiger partial charge < -0.3 is 24.8 Å². The van der Waals surface area contributed by atoms with Gasteiger partial charge in [0.2, 0.25) is 0 Å². The van der Waals surface area contributed by atoms with Crippen LogP contribution in [-0.4, -0.2) is 59.7 Å². The van der Waals surface area contributed by atoms with Gasteiger partial charge in [-0.25, -0.2) is 0 Å². The van der Waals surface area contributed by atoms with E-state index in [0.29, 0.717) is 0 Å². The van der Waals surface area contributed by atoms with Crippen LogP contribution in [0.3, 0.4) is 0 Å². The molecule has 0 amide bonds. The molecule has 1 fully saturated rings. The predicted octanol–water partition coefficient (Wildman–Crippen LogP) is -1.25. The number of rotatable bonds is 3. The molecule has 8 nitrogen and oxygen atoms in total. The molecule has 1 aliphatic heterocycles. The average molecular weight is 219 g/mol. The first kappa shape index (κ1) is 12.2. The van der Waals surface area contributed by atoms with Gasteiger partial charge in [-0.1, -0.05) is 5.11 Å². The normalized spacial score (nSPS) is 40.9. The lowest BCUT2D eigenvalue weighted by Crippen LogP contribution is -2.58. The van der Waals surface area contributed by atoms with E-state index in [1.807, 2.05) is 0 Å². The number of nitrogens with zero attached hydrogens (tertiary/aromatic N) is 3. The van der Waals surface area contributed by atoms with Crippen molar-refractivity contribution in [3.8, 4) is 0 Å². The molecule has 2 unspecified atom stereocenters. The van der Waals surface area contributed by atoms with Crippen molar-refractivity contribution in [3.05, 3.63) is 10.4 Å². The second kappa shape index (κ2) is 5.26. The third kappa shape index (κ3) is 2.57. The smallest absolute Gasteiger partial charge is 0.186 e. The second-order valence-electron chi connectivity index (χ2n) is 3.16. The molecule has 0 bridgehead atoms. The molecule has 0 aromatic heterocycles. The van der Waals surface area contributed by atoms with Gasteiger partial charge in [-0.05, 0) is 5.53 Å². The lowest BCUT2D eigenvalue weighted by atomic mass is 9.99. The molecule has 0 spiro atoms. The van der Waals surface area contributed by atoms with Crippen LogP contribution in [0, 0.1) is 0 Å². The summed E-state index contributed by atoms with van der Waals surface area (Å²) in [6, 6.07) is 0. The van der Waals surface area contributed by atoms with Crippen LogP contribution in [0.4, 0.5) is 0 Å². The summed E-state index contributed by atoms with van der Waals surface area (Å²) in [6.07, 6.45) is -5.95. The van der Waals surface area contributed by atoms with Gasteiger partial charge in [0, 0.05) is 12.0 Å². The average Bonchev–Trinajstić information content (AvgIpc) is 2.25. The van der Waals surface area contributed by atoms with Crippen LogP contribution >= 0.6 is 0 Å². The van der Waals surface area contributed by atoms with E-state index in [4.69, 9.17) is 15.0 Å². The Morgan fingerprint density at radius 1 is 1.33 bits per heavy atom. The highest BCUT2D eigenvalue weighted by atomic mass is 16.7. The highest BCUT2D eigenvalue weighted by Gasteiger charge is 2.43. The molecule has 5 atom stereocenters. The summed E-state index contributed by atoms with van der Waals surface area (Å²) in [5, 5.41) is 31.5. The molecule has 0 radical (unpaired) electrons. The summed E-state index contributed by atoms with van der Waals surface area (Å²) in [7, 11) is 1.29. The van der Waals surface area contributed by atoms with Gasteiger partial charge in [0.15, 0.2) is 6.29 Å². The molecule has 0 aromatic carbocycles. The standard InChI is InChI=1S/C7H13N3O5/c1-14-7-6(13)5(12)4(11)3(15-7)2-9-10-8/h3-7,11-13H,2H2,1H3/t3?,4-,5+,6?,7-/m1/s1. The summed E-state index contributed by atoms with van der Waals surface area (Å²) in [6.45, 7) is -0.138. The van der Waals surface area contributed by atoms with Crippen molar-refractivity contribution in [3.63, 3.8) is 0 Å². The van der Waals surface area contributed by atoms with E-state index in [-0.39, 0.29) is 6.54 Å². The highest BCUT2D eigenvalue weighted by Crippen LogP contribution is 2.21. The fraction of sp³-hybridized carbons (Fsp3) is 1.00. The summed E-state index contributed by atoms with van der Waals surface area (Å²) in [5.74, 6) is 0. The second-order valence-corrected chi connectivity index (χ2v) is 3.16. The van der Waals surface area contributed by atoms with Crippen LogP contribution in [-0.2, 0) is 9.47 Å². The zero-order chi connectivity index (χ0) is 11.4. The zero-order valence-corrected chi connectivity index (χ0v) is 8.09. The fourth-order valence-electron chi connectivity index (χ4n) is 1.38. The summed E-state index contributed by atoms with van der Waals surface area (Å²) < 4.78 is 9.84. The third-order valence-electron chi connectivity index (χ3n) is 2.23. The molecule has 15 heavy (non-hydrogen) atoms. The molecule has 0 saturated carbocycles. The van der Waals surface area contributed by atoms with Crippen molar-refractivity contribution >= 4 is 0 Å². The Hall–Kier alpha value is -0.890. The number of aliphatic hydroxyl groups is 3. The van der Waals surface area contributed by atoms with Crippen molar-refractivity contribution in [2.45, 2.75) is 30.7 Å². The Morgan fingerprint density at radius 2 is 2.00 bits per heavy atom. The predicted molar refractivity (Wildman–Crippen MR) is 47.7 cm³/mol. The Balaban J connectivity index is 2.69. The van der Waals surface area contributed by atoms with Crippen molar-refractivity contribution in [1.82, 2.24) is 0 Å². The van der Waals surface area contributed by atoms with Gasteiger partial charge in [0.25, 0.3) is 0 Å². The summed E-state index contributed by atoms with van der Waals surface area (Å²) >= 11 is 0. The van der Waals surface area contributed by atoms with E-state index in [1.54, 1.807) is 0 Å². The number of ether oxygens (including phenoxy) is 2. The van der Waals surface area contributed by atoms with E-state index in [2.05, 4.69) is 10.0 Å².